The van der Waals surface area contributed by atoms with E-state index in [0.29, 0.717) is 18.4 Å². The van der Waals surface area contributed by atoms with Crippen LogP contribution in [0.1, 0.15) is 51.5 Å². The number of carbonyl (C=O) groups is 2. The van der Waals surface area contributed by atoms with Gasteiger partial charge in [-0.25, -0.2) is 4.79 Å². The lowest BCUT2D eigenvalue weighted by Gasteiger charge is -2.35. The second kappa shape index (κ2) is 7.52. The molecule has 0 N–H and O–H groups in total. The summed E-state index contributed by atoms with van der Waals surface area (Å²) in [5, 5.41) is 4.21. The summed E-state index contributed by atoms with van der Waals surface area (Å²) in [6.45, 7) is 7.77. The zero-order valence-corrected chi connectivity index (χ0v) is 17.1. The van der Waals surface area contributed by atoms with Gasteiger partial charge in [0.2, 0.25) is 5.91 Å². The number of nitrogens with zero attached hydrogens (tertiary/aromatic N) is 4. The lowest BCUT2D eigenvalue weighted by Crippen LogP contribution is -2.45. The highest BCUT2D eigenvalue weighted by atomic mass is 16.6. The number of hydrogen-bond acceptors (Lipinski definition) is 4. The largest absolute Gasteiger partial charge is 0.444 e. The highest BCUT2D eigenvalue weighted by Crippen LogP contribution is 2.48. The van der Waals surface area contributed by atoms with E-state index in [-0.39, 0.29) is 17.9 Å². The molecule has 2 aliphatic rings. The van der Waals surface area contributed by atoms with E-state index in [9.17, 15) is 9.59 Å². The van der Waals surface area contributed by atoms with Crippen LogP contribution in [0.3, 0.4) is 0 Å². The molecule has 7 heteroatoms. The lowest BCUT2D eigenvalue weighted by molar-refractivity contribution is -0.134. The van der Waals surface area contributed by atoms with E-state index in [1.54, 1.807) is 16.6 Å². The van der Waals surface area contributed by atoms with E-state index in [2.05, 4.69) is 5.10 Å². The maximum atomic E-state index is 12.9. The maximum Gasteiger partial charge on any atom is 0.410 e. The molecule has 1 saturated heterocycles. The molecule has 3 rings (SSSR count). The van der Waals surface area contributed by atoms with Crippen LogP contribution >= 0.6 is 0 Å². The smallest absolute Gasteiger partial charge is 0.410 e. The summed E-state index contributed by atoms with van der Waals surface area (Å²) < 4.78 is 7.22. The Kier molecular flexibility index (Phi) is 5.49. The first-order valence-corrected chi connectivity index (χ1v) is 9.85. The average molecular weight is 377 g/mol. The molecule has 0 radical (unpaired) electrons. The number of carbonyl (C=O) groups excluding carboxylic acids is 2. The highest BCUT2D eigenvalue weighted by Gasteiger charge is 2.47. The van der Waals surface area contributed by atoms with Gasteiger partial charge in [-0.05, 0) is 57.4 Å². The van der Waals surface area contributed by atoms with Gasteiger partial charge in [-0.3, -0.25) is 9.48 Å². The van der Waals surface area contributed by atoms with Crippen molar-refractivity contribution in [2.45, 2.75) is 51.6 Å². The predicted molar refractivity (Wildman–Crippen MR) is 102 cm³/mol. The highest BCUT2D eigenvalue weighted by molar-refractivity contribution is 5.83. The van der Waals surface area contributed by atoms with Crippen molar-refractivity contribution in [3.63, 3.8) is 0 Å². The second-order valence-electron chi connectivity index (χ2n) is 9.05. The van der Waals surface area contributed by atoms with E-state index in [4.69, 9.17) is 4.74 Å². The summed E-state index contributed by atoms with van der Waals surface area (Å²) >= 11 is 0. The normalized spacial score (nSPS) is 25.2. The molecule has 1 aromatic heterocycles. The third kappa shape index (κ3) is 5.02. The molecule has 1 aliphatic heterocycles. The first kappa shape index (κ1) is 19.7. The first-order chi connectivity index (χ1) is 12.6. The minimum Gasteiger partial charge on any atom is -0.444 e. The van der Waals surface area contributed by atoms with Crippen molar-refractivity contribution in [2.24, 2.45) is 18.9 Å². The Morgan fingerprint density at radius 1 is 1.37 bits per heavy atom. The lowest BCUT2D eigenvalue weighted by atomic mass is 9.97. The molecule has 150 valence electrons. The monoisotopic (exact) mass is 376 g/mol. The van der Waals surface area contributed by atoms with Crippen LogP contribution in [0, 0.1) is 11.8 Å². The Bertz CT molecular complexity index is 694. The molecule has 27 heavy (non-hydrogen) atoms. The van der Waals surface area contributed by atoms with Gasteiger partial charge in [0, 0.05) is 45.8 Å². The van der Waals surface area contributed by atoms with Crippen molar-refractivity contribution in [1.29, 1.82) is 0 Å². The van der Waals surface area contributed by atoms with Gasteiger partial charge in [-0.2, -0.15) is 5.10 Å². The van der Waals surface area contributed by atoms with Crippen LogP contribution in [0.5, 0.6) is 0 Å². The van der Waals surface area contributed by atoms with Gasteiger partial charge in [0.05, 0.1) is 6.20 Å². The van der Waals surface area contributed by atoms with Gasteiger partial charge in [-0.15, -0.1) is 0 Å². The van der Waals surface area contributed by atoms with E-state index >= 15 is 0 Å². The number of aromatic nitrogens is 2. The molecule has 0 bridgehead atoms. The number of likely N-dealkylation sites (tertiary alicyclic amines) is 1. The molecule has 1 aromatic rings. The standard InChI is InChI=1S/C20H32N4O3/c1-20(2,3)27-19(26)22(4)11-14-7-6-8-24(12-14)18(25)17-9-16(17)15-10-21-23(5)13-15/h10,13-14,16-17H,6-9,11-12H2,1-5H3. The van der Waals surface area contributed by atoms with Crippen LogP contribution < -0.4 is 0 Å². The minimum absolute atomic E-state index is 0.0940. The van der Waals surface area contributed by atoms with Gasteiger partial charge in [0.15, 0.2) is 0 Å². The van der Waals surface area contributed by atoms with E-state index in [0.717, 1.165) is 37.9 Å². The minimum atomic E-state index is -0.493. The molecular weight excluding hydrogens is 344 g/mol. The summed E-state index contributed by atoms with van der Waals surface area (Å²) in [6, 6.07) is 0. The second-order valence-corrected chi connectivity index (χ2v) is 9.05. The fourth-order valence-electron chi connectivity index (χ4n) is 3.92. The molecule has 0 aromatic carbocycles. The Balaban J connectivity index is 1.51. The van der Waals surface area contributed by atoms with Crippen molar-refractivity contribution < 1.29 is 14.3 Å². The number of piperidine rings is 1. The van der Waals surface area contributed by atoms with Crippen molar-refractivity contribution in [3.05, 3.63) is 18.0 Å². The molecule has 2 fully saturated rings. The topological polar surface area (TPSA) is 67.7 Å². The Morgan fingerprint density at radius 3 is 2.74 bits per heavy atom. The summed E-state index contributed by atoms with van der Waals surface area (Å²) in [5.41, 5.74) is 0.668. The Labute approximate surface area is 161 Å². The number of hydrogen-bond donors (Lipinski definition) is 0. The van der Waals surface area contributed by atoms with Gasteiger partial charge >= 0.3 is 6.09 Å². The molecule has 1 saturated carbocycles. The van der Waals surface area contributed by atoms with Gasteiger partial charge in [0.25, 0.3) is 0 Å². The van der Waals surface area contributed by atoms with Crippen LogP contribution in [0.25, 0.3) is 0 Å². The molecule has 7 nitrogen and oxygen atoms in total. The summed E-state index contributed by atoms with van der Waals surface area (Å²) in [7, 11) is 3.67. The summed E-state index contributed by atoms with van der Waals surface area (Å²) in [4.78, 5) is 28.7. The third-order valence-electron chi connectivity index (χ3n) is 5.33. The molecule has 2 heterocycles. The Morgan fingerprint density at radius 2 is 2.11 bits per heavy atom. The van der Waals surface area contributed by atoms with Crippen LogP contribution in [-0.4, -0.2) is 63.9 Å². The van der Waals surface area contributed by atoms with E-state index in [1.165, 1.54) is 0 Å². The average Bonchev–Trinajstić information content (AvgIpc) is 3.27. The first-order valence-electron chi connectivity index (χ1n) is 9.85. The molecule has 0 spiro atoms. The molecular formula is C20H32N4O3. The van der Waals surface area contributed by atoms with E-state index < -0.39 is 5.60 Å². The fourth-order valence-corrected chi connectivity index (χ4v) is 3.92. The maximum absolute atomic E-state index is 12.9. The molecule has 1 aliphatic carbocycles. The zero-order chi connectivity index (χ0) is 19.8. The van der Waals surface area contributed by atoms with Crippen LogP contribution in [0.2, 0.25) is 0 Å². The number of amides is 2. The number of aryl methyl sites for hydroxylation is 1. The number of ether oxygens (including phenoxy) is 1. The zero-order valence-electron chi connectivity index (χ0n) is 17.1. The SMILES string of the molecule is CN(CC1CCCN(C(=O)C2CC2c2cnn(C)c2)C1)C(=O)OC(C)(C)C. The molecule has 3 atom stereocenters. The summed E-state index contributed by atoms with van der Waals surface area (Å²) in [5.74, 6) is 0.969. The summed E-state index contributed by atoms with van der Waals surface area (Å²) in [6.07, 6.45) is 6.52. The molecule has 3 unspecified atom stereocenters. The molecule has 2 amide bonds. The van der Waals surface area contributed by atoms with Crippen molar-refractivity contribution >= 4 is 12.0 Å². The Hall–Kier alpha value is -2.05. The fraction of sp³-hybridized carbons (Fsp3) is 0.750. The van der Waals surface area contributed by atoms with Gasteiger partial charge in [0.1, 0.15) is 5.60 Å². The van der Waals surface area contributed by atoms with Gasteiger partial charge in [-0.1, -0.05) is 0 Å². The predicted octanol–water partition coefficient (Wildman–Crippen LogP) is 2.63. The number of rotatable bonds is 4. The van der Waals surface area contributed by atoms with Crippen LogP contribution in [0.4, 0.5) is 4.79 Å². The van der Waals surface area contributed by atoms with E-state index in [1.807, 2.05) is 45.1 Å². The quantitative estimate of drug-likeness (QED) is 0.810. The third-order valence-corrected chi connectivity index (χ3v) is 5.33. The van der Waals surface area contributed by atoms with Crippen molar-refractivity contribution in [1.82, 2.24) is 19.6 Å². The van der Waals surface area contributed by atoms with Crippen molar-refractivity contribution in [3.8, 4) is 0 Å². The van der Waals surface area contributed by atoms with Crippen LogP contribution in [0.15, 0.2) is 12.4 Å². The van der Waals surface area contributed by atoms with Gasteiger partial charge < -0.3 is 14.5 Å². The van der Waals surface area contributed by atoms with Crippen molar-refractivity contribution in [2.75, 3.05) is 26.7 Å². The van der Waals surface area contributed by atoms with Crippen LogP contribution in [-0.2, 0) is 16.6 Å².